The van der Waals surface area contributed by atoms with E-state index in [4.69, 9.17) is 5.73 Å². The maximum absolute atomic E-state index is 5.58. The van der Waals surface area contributed by atoms with E-state index in [0.717, 1.165) is 12.2 Å². The van der Waals surface area contributed by atoms with Crippen molar-refractivity contribution in [2.45, 2.75) is 6.54 Å². The fourth-order valence-electron chi connectivity index (χ4n) is 1.47. The summed E-state index contributed by atoms with van der Waals surface area (Å²) in [5.74, 6) is 0.959. The van der Waals surface area contributed by atoms with Gasteiger partial charge >= 0.3 is 0 Å². The predicted octanol–water partition coefficient (Wildman–Crippen LogP) is 1.52. The summed E-state index contributed by atoms with van der Waals surface area (Å²) < 4.78 is 0. The lowest BCUT2D eigenvalue weighted by Crippen LogP contribution is -2.05. The number of nitrogen functional groups attached to an aromatic ring is 1. The third-order valence-corrected chi connectivity index (χ3v) is 2.27. The Bertz CT molecular complexity index is 481. The van der Waals surface area contributed by atoms with E-state index >= 15 is 0 Å². The molecule has 1 heterocycles. The third-order valence-electron chi connectivity index (χ3n) is 2.27. The summed E-state index contributed by atoms with van der Waals surface area (Å²) in [4.78, 5) is 8.15. The molecule has 0 unspecified atom stereocenters. The van der Waals surface area contributed by atoms with Gasteiger partial charge in [-0.1, -0.05) is 12.1 Å². The minimum absolute atomic E-state index is 0.453. The van der Waals surface area contributed by atoms with Gasteiger partial charge in [-0.3, -0.25) is 0 Å². The molecule has 1 aromatic carbocycles. The van der Waals surface area contributed by atoms with Gasteiger partial charge in [0.25, 0.3) is 0 Å². The summed E-state index contributed by atoms with van der Waals surface area (Å²) in [6, 6.07) is 9.72. The van der Waals surface area contributed by atoms with E-state index in [1.54, 1.807) is 12.3 Å². The number of rotatable bonds is 4. The van der Waals surface area contributed by atoms with Gasteiger partial charge < -0.3 is 16.4 Å². The molecule has 0 radical (unpaired) electrons. The van der Waals surface area contributed by atoms with Crippen molar-refractivity contribution in [3.8, 4) is 0 Å². The number of anilines is 3. The number of nitrogens with two attached hydrogens (primary N) is 1. The van der Waals surface area contributed by atoms with Crippen molar-refractivity contribution >= 4 is 17.5 Å². The van der Waals surface area contributed by atoms with Crippen LogP contribution in [0, 0.1) is 0 Å². The Morgan fingerprint density at radius 1 is 1.18 bits per heavy atom. The summed E-state index contributed by atoms with van der Waals surface area (Å²) in [6.07, 6.45) is 1.63. The Morgan fingerprint density at radius 3 is 2.59 bits per heavy atom. The van der Waals surface area contributed by atoms with Crippen LogP contribution in [0.15, 0.2) is 36.5 Å². The molecule has 0 aliphatic carbocycles. The number of aromatic nitrogens is 2. The second-order valence-electron chi connectivity index (χ2n) is 3.66. The number of benzene rings is 1. The van der Waals surface area contributed by atoms with Crippen LogP contribution >= 0.6 is 0 Å². The second-order valence-corrected chi connectivity index (χ2v) is 3.66. The van der Waals surface area contributed by atoms with Crippen LogP contribution < -0.4 is 16.4 Å². The van der Waals surface area contributed by atoms with Gasteiger partial charge in [0.2, 0.25) is 5.95 Å². The average molecular weight is 229 g/mol. The molecule has 0 saturated carbocycles. The molecule has 5 heteroatoms. The van der Waals surface area contributed by atoms with E-state index in [0.29, 0.717) is 11.8 Å². The molecule has 17 heavy (non-hydrogen) atoms. The molecule has 0 spiro atoms. The smallest absolute Gasteiger partial charge is 0.229 e. The van der Waals surface area contributed by atoms with E-state index in [1.807, 2.05) is 31.3 Å². The normalized spacial score (nSPS) is 10.2. The predicted molar refractivity (Wildman–Crippen MR) is 68.9 cm³/mol. The largest absolute Gasteiger partial charge is 0.384 e. The van der Waals surface area contributed by atoms with Crippen molar-refractivity contribution < 1.29 is 0 Å². The number of nitrogens with one attached hydrogen (secondary N) is 2. The first-order valence-electron chi connectivity index (χ1n) is 5.37. The fraction of sp³-hybridized carbons (Fsp3) is 0.167. The van der Waals surface area contributed by atoms with Gasteiger partial charge in [0.15, 0.2) is 0 Å². The van der Waals surface area contributed by atoms with Gasteiger partial charge in [0.05, 0.1) is 0 Å². The highest BCUT2D eigenvalue weighted by molar-refractivity contribution is 5.54. The van der Waals surface area contributed by atoms with Crippen LogP contribution in [0.4, 0.5) is 17.5 Å². The van der Waals surface area contributed by atoms with Gasteiger partial charge in [0, 0.05) is 18.4 Å². The lowest BCUT2D eigenvalue weighted by Gasteiger charge is -2.06. The molecular formula is C12H15N5. The fourth-order valence-corrected chi connectivity index (χ4v) is 1.47. The Hall–Kier alpha value is -2.14. The summed E-state index contributed by atoms with van der Waals surface area (Å²) in [5, 5.41) is 6.19. The standard InChI is InChI=1S/C12H15N5/c1-14-8-9-2-4-10(5-3-9)16-12-15-7-6-11(13)17-12/h2-7,14H,8H2,1H3,(H3,13,15,16,17). The minimum Gasteiger partial charge on any atom is -0.384 e. The average Bonchev–Trinajstić information content (AvgIpc) is 2.32. The quantitative estimate of drug-likeness (QED) is 0.741. The highest BCUT2D eigenvalue weighted by Gasteiger charge is 1.98. The lowest BCUT2D eigenvalue weighted by molar-refractivity contribution is 0.818. The molecule has 2 aromatic rings. The van der Waals surface area contributed by atoms with Crippen molar-refractivity contribution in [2.24, 2.45) is 0 Å². The zero-order chi connectivity index (χ0) is 12.1. The molecule has 1 aromatic heterocycles. The van der Waals surface area contributed by atoms with E-state index in [1.165, 1.54) is 5.56 Å². The van der Waals surface area contributed by atoms with E-state index < -0.39 is 0 Å². The van der Waals surface area contributed by atoms with Crippen LogP contribution in [-0.4, -0.2) is 17.0 Å². The highest BCUT2D eigenvalue weighted by Crippen LogP contribution is 2.14. The van der Waals surface area contributed by atoms with Gasteiger partial charge in [-0.05, 0) is 30.8 Å². The zero-order valence-electron chi connectivity index (χ0n) is 9.64. The third kappa shape index (κ3) is 3.15. The van der Waals surface area contributed by atoms with E-state index in [2.05, 4.69) is 20.6 Å². The van der Waals surface area contributed by atoms with Crippen LogP contribution in [0.5, 0.6) is 0 Å². The van der Waals surface area contributed by atoms with Gasteiger partial charge in [0.1, 0.15) is 5.82 Å². The highest BCUT2D eigenvalue weighted by atomic mass is 15.1. The topological polar surface area (TPSA) is 75.9 Å². The number of nitrogens with zero attached hydrogens (tertiary/aromatic N) is 2. The second kappa shape index (κ2) is 5.27. The molecule has 0 aliphatic heterocycles. The Morgan fingerprint density at radius 2 is 1.94 bits per heavy atom. The van der Waals surface area contributed by atoms with Crippen LogP contribution in [0.1, 0.15) is 5.56 Å². The molecule has 0 fully saturated rings. The van der Waals surface area contributed by atoms with Crippen LogP contribution in [0.2, 0.25) is 0 Å². The van der Waals surface area contributed by atoms with Gasteiger partial charge in [-0.2, -0.15) is 4.98 Å². The Balaban J connectivity index is 2.08. The molecule has 0 bridgehead atoms. The Labute approximate surface area is 100 Å². The van der Waals surface area contributed by atoms with Crippen LogP contribution in [0.3, 0.4) is 0 Å². The zero-order valence-corrected chi connectivity index (χ0v) is 9.64. The molecule has 0 atom stereocenters. The summed E-state index contributed by atoms with van der Waals surface area (Å²) >= 11 is 0. The number of hydrogen-bond donors (Lipinski definition) is 3. The lowest BCUT2D eigenvalue weighted by atomic mass is 10.2. The van der Waals surface area contributed by atoms with Crippen molar-refractivity contribution in [3.63, 3.8) is 0 Å². The van der Waals surface area contributed by atoms with E-state index in [9.17, 15) is 0 Å². The molecule has 4 N–H and O–H groups in total. The molecule has 0 amide bonds. The summed E-state index contributed by atoms with van der Waals surface area (Å²) in [5.41, 5.74) is 7.75. The van der Waals surface area contributed by atoms with E-state index in [-0.39, 0.29) is 0 Å². The maximum Gasteiger partial charge on any atom is 0.229 e. The molecular weight excluding hydrogens is 214 g/mol. The maximum atomic E-state index is 5.58. The van der Waals surface area contributed by atoms with Crippen molar-refractivity contribution in [3.05, 3.63) is 42.1 Å². The SMILES string of the molecule is CNCc1ccc(Nc2nccc(N)n2)cc1. The van der Waals surface area contributed by atoms with Gasteiger partial charge in [-0.15, -0.1) is 0 Å². The molecule has 2 rings (SSSR count). The molecule has 88 valence electrons. The van der Waals surface area contributed by atoms with Crippen LogP contribution in [-0.2, 0) is 6.54 Å². The van der Waals surface area contributed by atoms with Crippen molar-refractivity contribution in [1.82, 2.24) is 15.3 Å². The summed E-state index contributed by atoms with van der Waals surface area (Å²) in [7, 11) is 1.92. The van der Waals surface area contributed by atoms with Gasteiger partial charge in [-0.25, -0.2) is 4.98 Å². The first kappa shape index (κ1) is 11.3. The van der Waals surface area contributed by atoms with Crippen LogP contribution in [0.25, 0.3) is 0 Å². The monoisotopic (exact) mass is 229 g/mol. The minimum atomic E-state index is 0.453. The summed E-state index contributed by atoms with van der Waals surface area (Å²) in [6.45, 7) is 0.856. The number of hydrogen-bond acceptors (Lipinski definition) is 5. The first-order chi connectivity index (χ1) is 8.28. The molecule has 0 saturated heterocycles. The molecule has 5 nitrogen and oxygen atoms in total. The van der Waals surface area contributed by atoms with Crippen molar-refractivity contribution in [1.29, 1.82) is 0 Å². The van der Waals surface area contributed by atoms with Crippen molar-refractivity contribution in [2.75, 3.05) is 18.1 Å². The first-order valence-corrected chi connectivity index (χ1v) is 5.37. The Kier molecular flexibility index (Phi) is 3.52. The molecule has 0 aliphatic rings.